The summed E-state index contributed by atoms with van der Waals surface area (Å²) in [5.41, 5.74) is 3.13. The predicted octanol–water partition coefficient (Wildman–Crippen LogP) is 2.23. The van der Waals surface area contributed by atoms with Crippen molar-refractivity contribution in [3.8, 4) is 10.6 Å². The summed E-state index contributed by atoms with van der Waals surface area (Å²) in [5.74, 6) is 0.258. The summed E-state index contributed by atoms with van der Waals surface area (Å²) < 4.78 is 25.2. The van der Waals surface area contributed by atoms with Gasteiger partial charge in [-0.15, -0.1) is 0 Å². The fourth-order valence-corrected chi connectivity index (χ4v) is 4.96. The molecule has 0 radical (unpaired) electrons. The molecule has 1 aliphatic carbocycles. The highest BCUT2D eigenvalue weighted by Crippen LogP contribution is 2.37. The quantitative estimate of drug-likeness (QED) is 0.674. The van der Waals surface area contributed by atoms with E-state index in [1.165, 1.54) is 29.6 Å². The number of hydrogen-bond acceptors (Lipinski definition) is 7. The van der Waals surface area contributed by atoms with Gasteiger partial charge in [-0.1, -0.05) is 11.3 Å². The number of hydrogen-bond donors (Lipinski definition) is 1. The molecule has 0 saturated heterocycles. The van der Waals surface area contributed by atoms with Crippen LogP contribution in [0.1, 0.15) is 47.1 Å². The van der Waals surface area contributed by atoms with Gasteiger partial charge in [-0.2, -0.15) is 4.31 Å². The van der Waals surface area contributed by atoms with E-state index >= 15 is 0 Å². The Hall–Kier alpha value is -2.37. The Labute approximate surface area is 185 Å². The lowest BCUT2D eigenvalue weighted by molar-refractivity contribution is -0.114. The fraction of sp³-hybridized carbons (Fsp3) is 0.500. The molecule has 0 aromatic carbocycles. The molecule has 1 fully saturated rings. The van der Waals surface area contributed by atoms with Gasteiger partial charge in [0.1, 0.15) is 0 Å². The maximum Gasteiger partial charge on any atom is 0.256 e. The van der Waals surface area contributed by atoms with Crippen molar-refractivity contribution in [3.63, 3.8) is 0 Å². The summed E-state index contributed by atoms with van der Waals surface area (Å²) in [7, 11) is -1.97. The number of anilines is 1. The van der Waals surface area contributed by atoms with Gasteiger partial charge in [-0.3, -0.25) is 9.59 Å². The van der Waals surface area contributed by atoms with Crippen LogP contribution in [0.3, 0.4) is 0 Å². The number of fused-ring (bicyclic) bond motifs is 1. The Morgan fingerprint density at radius 1 is 1.35 bits per heavy atom. The standard InChI is InChI=1S/C20H25N5O4S2/c1-11-18(30-20(21-11)22-12(2)26)15-7-14-9-25(8-13-5-6-13)19(27)17(14)16(23-15)10-24(3)31(4,28)29/h7,13H,5-6,8-10H2,1-4H3,(H,21,22,26). The van der Waals surface area contributed by atoms with Gasteiger partial charge in [-0.05, 0) is 37.3 Å². The molecule has 2 aliphatic rings. The molecule has 0 atom stereocenters. The summed E-state index contributed by atoms with van der Waals surface area (Å²) >= 11 is 1.31. The van der Waals surface area contributed by atoms with Crippen molar-refractivity contribution in [2.45, 2.75) is 39.8 Å². The van der Waals surface area contributed by atoms with Crippen molar-refractivity contribution in [1.29, 1.82) is 0 Å². The second kappa shape index (κ2) is 7.95. The number of rotatable bonds is 7. The van der Waals surface area contributed by atoms with Crippen LogP contribution in [0.2, 0.25) is 0 Å². The third kappa shape index (κ3) is 4.63. The lowest BCUT2D eigenvalue weighted by Crippen LogP contribution is -2.29. The second-order valence-electron chi connectivity index (χ2n) is 8.25. The molecule has 9 nitrogen and oxygen atoms in total. The topological polar surface area (TPSA) is 113 Å². The number of pyridine rings is 1. The number of sulfonamides is 1. The first-order valence-corrected chi connectivity index (χ1v) is 12.7. The Morgan fingerprint density at radius 3 is 2.68 bits per heavy atom. The highest BCUT2D eigenvalue weighted by Gasteiger charge is 2.36. The smallest absolute Gasteiger partial charge is 0.256 e. The number of aryl methyl sites for hydroxylation is 1. The first-order chi connectivity index (χ1) is 14.5. The molecule has 1 saturated carbocycles. The SMILES string of the molecule is CC(=O)Nc1nc(C)c(-c2cc3c(c(CN(C)S(C)(=O)=O)n2)C(=O)N(CC2CC2)C3)s1. The normalized spacial score (nSPS) is 16.2. The highest BCUT2D eigenvalue weighted by molar-refractivity contribution is 7.88. The second-order valence-corrected chi connectivity index (χ2v) is 11.3. The molecule has 11 heteroatoms. The van der Waals surface area contributed by atoms with E-state index < -0.39 is 10.0 Å². The zero-order valence-electron chi connectivity index (χ0n) is 17.9. The first-order valence-electron chi connectivity index (χ1n) is 10.0. The molecule has 3 heterocycles. The number of aromatic nitrogens is 2. The summed E-state index contributed by atoms with van der Waals surface area (Å²) in [6.07, 6.45) is 3.41. The molecule has 0 unspecified atom stereocenters. The average Bonchev–Trinajstić information content (AvgIpc) is 3.32. The Morgan fingerprint density at radius 2 is 2.06 bits per heavy atom. The molecule has 1 N–H and O–H groups in total. The van der Waals surface area contributed by atoms with Gasteiger partial charge in [0.05, 0.1) is 40.3 Å². The van der Waals surface area contributed by atoms with Crippen LogP contribution in [0, 0.1) is 12.8 Å². The molecule has 4 rings (SSSR count). The van der Waals surface area contributed by atoms with Gasteiger partial charge in [0.2, 0.25) is 15.9 Å². The summed E-state index contributed by atoms with van der Waals surface area (Å²) in [5, 5.41) is 3.16. The van der Waals surface area contributed by atoms with Gasteiger partial charge in [0.15, 0.2) is 5.13 Å². The number of nitrogens with zero attached hydrogens (tertiary/aromatic N) is 4. The number of carbonyl (C=O) groups excluding carboxylic acids is 2. The van der Waals surface area contributed by atoms with E-state index in [-0.39, 0.29) is 18.4 Å². The van der Waals surface area contributed by atoms with Crippen LogP contribution in [-0.2, 0) is 27.9 Å². The minimum atomic E-state index is -3.44. The summed E-state index contributed by atoms with van der Waals surface area (Å²) in [4.78, 5) is 36.2. The molecule has 0 bridgehead atoms. The maximum absolute atomic E-state index is 13.1. The number of thiazole rings is 1. The molecule has 2 aromatic rings. The molecular weight excluding hydrogens is 438 g/mol. The van der Waals surface area contributed by atoms with Crippen molar-refractivity contribution in [3.05, 3.63) is 28.6 Å². The van der Waals surface area contributed by atoms with E-state index in [0.717, 1.165) is 36.1 Å². The summed E-state index contributed by atoms with van der Waals surface area (Å²) in [6.45, 7) is 4.47. The third-order valence-electron chi connectivity index (χ3n) is 5.46. The van der Waals surface area contributed by atoms with Gasteiger partial charge >= 0.3 is 0 Å². The molecule has 2 amide bonds. The van der Waals surface area contributed by atoms with Crippen LogP contribution in [0.15, 0.2) is 6.07 Å². The van der Waals surface area contributed by atoms with Crippen molar-refractivity contribution in [1.82, 2.24) is 19.2 Å². The van der Waals surface area contributed by atoms with E-state index in [2.05, 4.69) is 10.3 Å². The first kappa shape index (κ1) is 21.8. The van der Waals surface area contributed by atoms with Crippen LogP contribution >= 0.6 is 11.3 Å². The zero-order valence-corrected chi connectivity index (χ0v) is 19.6. The maximum atomic E-state index is 13.1. The number of amides is 2. The Kier molecular flexibility index (Phi) is 5.61. The van der Waals surface area contributed by atoms with Crippen LogP contribution in [0.25, 0.3) is 10.6 Å². The lowest BCUT2D eigenvalue weighted by atomic mass is 10.1. The lowest BCUT2D eigenvalue weighted by Gasteiger charge is -2.17. The highest BCUT2D eigenvalue weighted by atomic mass is 32.2. The number of nitrogens with one attached hydrogen (secondary N) is 1. The van der Waals surface area contributed by atoms with Crippen molar-refractivity contribution >= 4 is 38.3 Å². The van der Waals surface area contributed by atoms with Crippen molar-refractivity contribution in [2.75, 3.05) is 25.2 Å². The largest absolute Gasteiger partial charge is 0.334 e. The van der Waals surface area contributed by atoms with E-state index in [9.17, 15) is 18.0 Å². The van der Waals surface area contributed by atoms with E-state index in [1.54, 1.807) is 0 Å². The number of carbonyl (C=O) groups is 2. The van der Waals surface area contributed by atoms with E-state index in [4.69, 9.17) is 4.98 Å². The summed E-state index contributed by atoms with van der Waals surface area (Å²) in [6, 6.07) is 1.89. The molecule has 2 aromatic heterocycles. The third-order valence-corrected chi connectivity index (χ3v) is 7.82. The molecular formula is C20H25N5O4S2. The van der Waals surface area contributed by atoms with Crippen LogP contribution in [-0.4, -0.2) is 59.3 Å². The van der Waals surface area contributed by atoms with E-state index in [0.29, 0.717) is 40.2 Å². The molecule has 1 aliphatic heterocycles. The molecule has 166 valence electrons. The Balaban J connectivity index is 1.76. The average molecular weight is 464 g/mol. The van der Waals surface area contributed by atoms with E-state index in [1.807, 2.05) is 17.9 Å². The minimum absolute atomic E-state index is 0.00835. The van der Waals surface area contributed by atoms with Gasteiger partial charge in [0, 0.05) is 27.1 Å². The molecule has 0 spiro atoms. The van der Waals surface area contributed by atoms with Gasteiger partial charge in [-0.25, -0.2) is 18.4 Å². The van der Waals surface area contributed by atoms with Gasteiger partial charge < -0.3 is 10.2 Å². The van der Waals surface area contributed by atoms with Crippen LogP contribution in [0.4, 0.5) is 5.13 Å². The zero-order chi connectivity index (χ0) is 22.5. The molecule has 31 heavy (non-hydrogen) atoms. The monoisotopic (exact) mass is 463 g/mol. The Bertz CT molecular complexity index is 1170. The van der Waals surface area contributed by atoms with Crippen molar-refractivity contribution < 1.29 is 18.0 Å². The van der Waals surface area contributed by atoms with Crippen molar-refractivity contribution in [2.24, 2.45) is 5.92 Å². The van der Waals surface area contributed by atoms with Crippen LogP contribution in [0.5, 0.6) is 0 Å². The fourth-order valence-electron chi connectivity index (χ4n) is 3.63. The minimum Gasteiger partial charge on any atom is -0.334 e. The van der Waals surface area contributed by atoms with Crippen LogP contribution < -0.4 is 5.32 Å². The van der Waals surface area contributed by atoms with Gasteiger partial charge in [0.25, 0.3) is 5.91 Å². The predicted molar refractivity (Wildman–Crippen MR) is 118 cm³/mol.